The number of rotatable bonds is 5. The zero-order valence-electron chi connectivity index (χ0n) is 16.2. The first-order valence-corrected chi connectivity index (χ1v) is 11.2. The molecule has 1 heterocycles. The van der Waals surface area contributed by atoms with Crippen LogP contribution < -0.4 is 4.72 Å². The molecule has 0 bridgehead atoms. The Balaban J connectivity index is 1.59. The number of carbonyl (C=O) groups is 1. The number of benzene rings is 2. The van der Waals surface area contributed by atoms with Gasteiger partial charge in [-0.3, -0.25) is 4.79 Å². The fourth-order valence-corrected chi connectivity index (χ4v) is 5.43. The van der Waals surface area contributed by atoms with Crippen LogP contribution in [-0.2, 0) is 21.9 Å². The van der Waals surface area contributed by atoms with E-state index in [0.717, 1.165) is 22.2 Å². The van der Waals surface area contributed by atoms with Crippen LogP contribution in [0.4, 0.5) is 0 Å². The standard InChI is InChI=1S/C22H24N2O4S/c1-24-20(15-5-3-2-4-6-15)13-17-9-12-19(14-21(17)24)29(27,28)23-18-10-7-16(8-11-18)22(25)26/h2-6,9,12-14,16,18,23H,7-8,10-11H2,1H3,(H,25,26)/t16-,18-. The Hall–Kier alpha value is -2.64. The summed E-state index contributed by atoms with van der Waals surface area (Å²) >= 11 is 0. The molecule has 152 valence electrons. The van der Waals surface area contributed by atoms with Crippen molar-refractivity contribution in [2.75, 3.05) is 0 Å². The van der Waals surface area contributed by atoms with Gasteiger partial charge in [0.25, 0.3) is 0 Å². The van der Waals surface area contributed by atoms with Crippen molar-refractivity contribution in [3.8, 4) is 11.3 Å². The summed E-state index contributed by atoms with van der Waals surface area (Å²) in [6.45, 7) is 0. The van der Waals surface area contributed by atoms with Crippen LogP contribution in [0, 0.1) is 5.92 Å². The minimum absolute atomic E-state index is 0.223. The van der Waals surface area contributed by atoms with E-state index in [2.05, 4.69) is 10.8 Å². The van der Waals surface area contributed by atoms with Gasteiger partial charge in [-0.1, -0.05) is 36.4 Å². The Bertz CT molecular complexity index is 1140. The van der Waals surface area contributed by atoms with Gasteiger partial charge in [-0.2, -0.15) is 0 Å². The van der Waals surface area contributed by atoms with Gasteiger partial charge in [-0.15, -0.1) is 0 Å². The number of sulfonamides is 1. The van der Waals surface area contributed by atoms with Crippen molar-refractivity contribution in [3.63, 3.8) is 0 Å². The maximum atomic E-state index is 12.9. The van der Waals surface area contributed by atoms with E-state index < -0.39 is 16.0 Å². The molecule has 1 aliphatic rings. The minimum atomic E-state index is -3.67. The first kappa shape index (κ1) is 19.7. The second kappa shape index (κ2) is 7.65. The predicted octanol–water partition coefficient (Wildman–Crippen LogP) is 3.77. The highest BCUT2D eigenvalue weighted by Crippen LogP contribution is 2.30. The highest BCUT2D eigenvalue weighted by molar-refractivity contribution is 7.89. The average Bonchev–Trinajstić information content (AvgIpc) is 3.05. The number of aryl methyl sites for hydroxylation is 1. The van der Waals surface area contributed by atoms with Crippen molar-refractivity contribution in [2.24, 2.45) is 13.0 Å². The average molecular weight is 413 g/mol. The molecule has 7 heteroatoms. The molecule has 1 aliphatic carbocycles. The molecule has 6 nitrogen and oxygen atoms in total. The molecule has 3 aromatic rings. The summed E-state index contributed by atoms with van der Waals surface area (Å²) in [6.07, 6.45) is 2.08. The van der Waals surface area contributed by atoms with Crippen LogP contribution >= 0.6 is 0 Å². The molecule has 0 radical (unpaired) electrons. The zero-order chi connectivity index (χ0) is 20.6. The van der Waals surface area contributed by atoms with Crippen molar-refractivity contribution in [1.29, 1.82) is 0 Å². The highest BCUT2D eigenvalue weighted by atomic mass is 32.2. The fraction of sp³-hybridized carbons (Fsp3) is 0.318. The number of hydrogen-bond donors (Lipinski definition) is 2. The summed E-state index contributed by atoms with van der Waals surface area (Å²) in [5, 5.41) is 10.1. The van der Waals surface area contributed by atoms with Gasteiger partial charge in [0.2, 0.25) is 10.0 Å². The first-order chi connectivity index (χ1) is 13.8. The van der Waals surface area contributed by atoms with Crippen LogP contribution in [0.5, 0.6) is 0 Å². The summed E-state index contributed by atoms with van der Waals surface area (Å²) in [7, 11) is -1.74. The highest BCUT2D eigenvalue weighted by Gasteiger charge is 2.29. The quantitative estimate of drug-likeness (QED) is 0.668. The smallest absolute Gasteiger partial charge is 0.306 e. The van der Waals surface area contributed by atoms with Gasteiger partial charge in [0, 0.05) is 29.7 Å². The number of aliphatic carboxylic acids is 1. The maximum absolute atomic E-state index is 12.9. The number of nitrogens with zero attached hydrogens (tertiary/aromatic N) is 1. The van der Waals surface area contributed by atoms with E-state index in [4.69, 9.17) is 5.11 Å². The molecule has 0 atom stereocenters. The van der Waals surface area contributed by atoms with E-state index in [9.17, 15) is 13.2 Å². The molecular formula is C22H24N2O4S. The number of carboxylic acids is 1. The van der Waals surface area contributed by atoms with Crippen molar-refractivity contribution >= 4 is 26.9 Å². The van der Waals surface area contributed by atoms with Gasteiger partial charge in [-0.25, -0.2) is 13.1 Å². The van der Waals surface area contributed by atoms with Crippen LogP contribution in [-0.4, -0.2) is 30.1 Å². The lowest BCUT2D eigenvalue weighted by atomic mass is 9.87. The van der Waals surface area contributed by atoms with E-state index in [-0.39, 0.29) is 16.9 Å². The summed E-state index contributed by atoms with van der Waals surface area (Å²) < 4.78 is 30.6. The van der Waals surface area contributed by atoms with Crippen molar-refractivity contribution in [3.05, 3.63) is 54.6 Å². The maximum Gasteiger partial charge on any atom is 0.306 e. The molecule has 2 N–H and O–H groups in total. The second-order valence-electron chi connectivity index (χ2n) is 7.68. The van der Waals surface area contributed by atoms with Crippen LogP contribution in [0.1, 0.15) is 25.7 Å². The molecule has 1 saturated carbocycles. The number of hydrogen-bond acceptors (Lipinski definition) is 3. The Morgan fingerprint density at radius 3 is 2.38 bits per heavy atom. The predicted molar refractivity (Wildman–Crippen MR) is 112 cm³/mol. The second-order valence-corrected chi connectivity index (χ2v) is 9.40. The lowest BCUT2D eigenvalue weighted by molar-refractivity contribution is -0.142. The van der Waals surface area contributed by atoms with E-state index in [1.807, 2.05) is 48.0 Å². The number of nitrogens with one attached hydrogen (secondary N) is 1. The summed E-state index contributed by atoms with van der Waals surface area (Å²) in [5.41, 5.74) is 2.94. The number of fused-ring (bicyclic) bond motifs is 1. The van der Waals surface area contributed by atoms with Gasteiger partial charge in [-0.05, 0) is 49.4 Å². The monoisotopic (exact) mass is 412 g/mol. The van der Waals surface area contributed by atoms with E-state index in [0.29, 0.717) is 25.7 Å². The molecule has 1 fully saturated rings. The number of carboxylic acid groups (broad SMARTS) is 1. The van der Waals surface area contributed by atoms with Crippen molar-refractivity contribution < 1.29 is 18.3 Å². The summed E-state index contributed by atoms with van der Waals surface area (Å²) in [6, 6.07) is 17.0. The molecule has 0 saturated heterocycles. The molecule has 0 unspecified atom stereocenters. The van der Waals surface area contributed by atoms with Crippen molar-refractivity contribution in [2.45, 2.75) is 36.6 Å². The molecule has 2 aromatic carbocycles. The Labute approximate surface area is 170 Å². The van der Waals surface area contributed by atoms with Crippen LogP contribution in [0.2, 0.25) is 0 Å². The molecule has 4 rings (SSSR count). The van der Waals surface area contributed by atoms with Crippen molar-refractivity contribution in [1.82, 2.24) is 9.29 Å². The third-order valence-corrected chi connectivity index (χ3v) is 7.31. The Morgan fingerprint density at radius 2 is 1.72 bits per heavy atom. The van der Waals surface area contributed by atoms with E-state index in [1.54, 1.807) is 12.1 Å². The summed E-state index contributed by atoms with van der Waals surface area (Å²) in [5.74, 6) is -1.17. The molecule has 0 spiro atoms. The van der Waals surface area contributed by atoms with Gasteiger partial charge < -0.3 is 9.67 Å². The van der Waals surface area contributed by atoms with Gasteiger partial charge >= 0.3 is 5.97 Å². The molecule has 0 aliphatic heterocycles. The fourth-order valence-electron chi connectivity index (χ4n) is 4.11. The van der Waals surface area contributed by atoms with Gasteiger partial charge in [0.1, 0.15) is 0 Å². The topological polar surface area (TPSA) is 88.4 Å². The first-order valence-electron chi connectivity index (χ1n) is 9.75. The SMILES string of the molecule is Cn1c(-c2ccccc2)cc2ccc(S(=O)(=O)N[C@H]3CC[C@H](C(=O)O)CC3)cc21. The van der Waals surface area contributed by atoms with E-state index in [1.165, 1.54) is 0 Å². The molecule has 1 aromatic heterocycles. The summed E-state index contributed by atoms with van der Waals surface area (Å²) in [4.78, 5) is 11.3. The molecule has 29 heavy (non-hydrogen) atoms. The van der Waals surface area contributed by atoms with Gasteiger partial charge in [0.05, 0.1) is 10.8 Å². The van der Waals surface area contributed by atoms with E-state index >= 15 is 0 Å². The Kier molecular flexibility index (Phi) is 5.19. The van der Waals surface area contributed by atoms with Crippen LogP contribution in [0.15, 0.2) is 59.5 Å². The van der Waals surface area contributed by atoms with Crippen LogP contribution in [0.25, 0.3) is 22.2 Å². The third kappa shape index (κ3) is 3.93. The van der Waals surface area contributed by atoms with Gasteiger partial charge in [0.15, 0.2) is 0 Å². The number of aromatic nitrogens is 1. The largest absolute Gasteiger partial charge is 0.481 e. The molecule has 0 amide bonds. The van der Waals surface area contributed by atoms with Crippen LogP contribution in [0.3, 0.4) is 0 Å². The molecular weight excluding hydrogens is 388 g/mol. The normalized spacial score (nSPS) is 20.0. The third-order valence-electron chi connectivity index (χ3n) is 5.79. The lowest BCUT2D eigenvalue weighted by Crippen LogP contribution is -2.38. The lowest BCUT2D eigenvalue weighted by Gasteiger charge is -2.26. The minimum Gasteiger partial charge on any atom is -0.481 e. The zero-order valence-corrected chi connectivity index (χ0v) is 17.0. The Morgan fingerprint density at radius 1 is 1.03 bits per heavy atom.